The second-order valence-electron chi connectivity index (χ2n) is 3.43. The maximum absolute atomic E-state index is 4.50. The normalized spacial score (nSPS) is 10.9. The summed E-state index contributed by atoms with van der Waals surface area (Å²) in [4.78, 5) is 6.78. The molecule has 2 aromatic rings. The average molecular weight is 236 g/mol. The molecule has 0 spiro atoms. The fourth-order valence-corrected chi connectivity index (χ4v) is 2.16. The third kappa shape index (κ3) is 1.87. The first-order valence-electron chi connectivity index (χ1n) is 5.43. The number of rotatable bonds is 4. The summed E-state index contributed by atoms with van der Waals surface area (Å²) in [6, 6.07) is 4.03. The molecule has 0 aromatic carbocycles. The van der Waals surface area contributed by atoms with Crippen LogP contribution in [0, 0.1) is 0 Å². The van der Waals surface area contributed by atoms with Gasteiger partial charge < -0.3 is 4.90 Å². The first-order valence-corrected chi connectivity index (χ1v) is 6.66. The van der Waals surface area contributed by atoms with Gasteiger partial charge in [-0.3, -0.25) is 0 Å². The summed E-state index contributed by atoms with van der Waals surface area (Å²) in [5.74, 6) is 1.12. The highest BCUT2D eigenvalue weighted by Gasteiger charge is 2.10. The van der Waals surface area contributed by atoms with E-state index in [-0.39, 0.29) is 0 Å². The van der Waals surface area contributed by atoms with Crippen LogP contribution in [0.3, 0.4) is 0 Å². The first-order chi connectivity index (χ1) is 7.80. The molecular weight excluding hydrogens is 220 g/mol. The van der Waals surface area contributed by atoms with Crippen LogP contribution < -0.4 is 4.90 Å². The van der Waals surface area contributed by atoms with Gasteiger partial charge in [-0.1, -0.05) is 0 Å². The van der Waals surface area contributed by atoms with Gasteiger partial charge in [0.15, 0.2) is 5.65 Å². The minimum absolute atomic E-state index is 0.911. The SMILES string of the molecule is CCN(CC)c1cc(SC)nc2ccnn12. The lowest BCUT2D eigenvalue weighted by molar-refractivity contribution is 0.791. The lowest BCUT2D eigenvalue weighted by Crippen LogP contribution is -2.24. The zero-order valence-electron chi connectivity index (χ0n) is 9.84. The van der Waals surface area contributed by atoms with Crippen molar-refractivity contribution in [2.75, 3.05) is 24.2 Å². The summed E-state index contributed by atoms with van der Waals surface area (Å²) >= 11 is 1.66. The van der Waals surface area contributed by atoms with E-state index in [0.29, 0.717) is 0 Å². The third-order valence-corrected chi connectivity index (χ3v) is 3.24. The summed E-state index contributed by atoms with van der Waals surface area (Å²) in [7, 11) is 0. The second-order valence-corrected chi connectivity index (χ2v) is 4.26. The number of thioether (sulfide) groups is 1. The highest BCUT2D eigenvalue weighted by molar-refractivity contribution is 7.98. The number of anilines is 1. The van der Waals surface area contributed by atoms with E-state index in [1.54, 1.807) is 18.0 Å². The molecule has 0 amide bonds. The second kappa shape index (κ2) is 4.74. The molecule has 4 nitrogen and oxygen atoms in total. The van der Waals surface area contributed by atoms with Crippen molar-refractivity contribution < 1.29 is 0 Å². The lowest BCUT2D eigenvalue weighted by atomic mass is 10.4. The van der Waals surface area contributed by atoms with Gasteiger partial charge in [-0.15, -0.1) is 11.8 Å². The number of hydrogen-bond acceptors (Lipinski definition) is 4. The Morgan fingerprint density at radius 1 is 1.38 bits per heavy atom. The molecule has 0 aliphatic carbocycles. The summed E-state index contributed by atoms with van der Waals surface area (Å²) < 4.78 is 1.90. The predicted molar refractivity (Wildman–Crippen MR) is 68.3 cm³/mol. The van der Waals surface area contributed by atoms with E-state index < -0.39 is 0 Å². The Hall–Kier alpha value is -1.23. The van der Waals surface area contributed by atoms with Crippen LogP contribution in [-0.4, -0.2) is 33.9 Å². The quantitative estimate of drug-likeness (QED) is 0.602. The van der Waals surface area contributed by atoms with E-state index in [0.717, 1.165) is 29.6 Å². The van der Waals surface area contributed by atoms with Gasteiger partial charge >= 0.3 is 0 Å². The zero-order valence-corrected chi connectivity index (χ0v) is 10.7. The van der Waals surface area contributed by atoms with Crippen LogP contribution in [0.2, 0.25) is 0 Å². The topological polar surface area (TPSA) is 33.4 Å². The van der Waals surface area contributed by atoms with E-state index in [1.807, 2.05) is 16.8 Å². The fourth-order valence-electron chi connectivity index (χ4n) is 1.75. The molecule has 0 atom stereocenters. The Bertz CT molecular complexity index is 476. The van der Waals surface area contributed by atoms with Crippen LogP contribution in [0.1, 0.15) is 13.8 Å². The van der Waals surface area contributed by atoms with E-state index in [2.05, 4.69) is 34.9 Å². The Kier molecular flexibility index (Phi) is 3.33. The Morgan fingerprint density at radius 2 is 2.12 bits per heavy atom. The monoisotopic (exact) mass is 236 g/mol. The largest absolute Gasteiger partial charge is 0.357 e. The molecule has 0 bridgehead atoms. The minimum Gasteiger partial charge on any atom is -0.357 e. The summed E-state index contributed by atoms with van der Waals surface area (Å²) in [6.07, 6.45) is 3.83. The van der Waals surface area contributed by atoms with Gasteiger partial charge in [0.2, 0.25) is 0 Å². The van der Waals surface area contributed by atoms with Gasteiger partial charge in [-0.25, -0.2) is 4.98 Å². The van der Waals surface area contributed by atoms with Crippen molar-refractivity contribution >= 4 is 23.2 Å². The van der Waals surface area contributed by atoms with Gasteiger partial charge in [-0.2, -0.15) is 9.61 Å². The Labute approximate surface area is 99.7 Å². The predicted octanol–water partition coefficient (Wildman–Crippen LogP) is 2.30. The molecule has 2 aromatic heterocycles. The third-order valence-electron chi connectivity index (χ3n) is 2.61. The number of fused-ring (bicyclic) bond motifs is 1. The Morgan fingerprint density at radius 3 is 2.75 bits per heavy atom. The van der Waals surface area contributed by atoms with E-state index in [4.69, 9.17) is 0 Å². The highest BCUT2D eigenvalue weighted by atomic mass is 32.2. The minimum atomic E-state index is 0.911. The standard InChI is InChI=1S/C11H16N4S/c1-4-14(5-2)11-8-10(16-3)13-9-6-7-12-15(9)11/h6-8H,4-5H2,1-3H3. The van der Waals surface area contributed by atoms with Crippen LogP contribution in [0.15, 0.2) is 23.4 Å². The molecule has 0 saturated heterocycles. The van der Waals surface area contributed by atoms with E-state index in [1.165, 1.54) is 0 Å². The summed E-state index contributed by atoms with van der Waals surface area (Å²) in [5.41, 5.74) is 0.911. The molecule has 0 saturated carbocycles. The van der Waals surface area contributed by atoms with Crippen molar-refractivity contribution in [2.24, 2.45) is 0 Å². The van der Waals surface area contributed by atoms with Gasteiger partial charge in [0, 0.05) is 25.2 Å². The molecule has 16 heavy (non-hydrogen) atoms. The van der Waals surface area contributed by atoms with Gasteiger partial charge in [0.25, 0.3) is 0 Å². The molecule has 0 N–H and O–H groups in total. The summed E-state index contributed by atoms with van der Waals surface area (Å²) in [6.45, 7) is 6.25. The first kappa shape index (κ1) is 11.3. The average Bonchev–Trinajstić information content (AvgIpc) is 2.78. The lowest BCUT2D eigenvalue weighted by Gasteiger charge is -2.21. The maximum Gasteiger partial charge on any atom is 0.158 e. The van der Waals surface area contributed by atoms with Crippen LogP contribution in [0.5, 0.6) is 0 Å². The smallest absolute Gasteiger partial charge is 0.158 e. The van der Waals surface area contributed by atoms with E-state index >= 15 is 0 Å². The van der Waals surface area contributed by atoms with Crippen molar-refractivity contribution in [3.63, 3.8) is 0 Å². The van der Waals surface area contributed by atoms with Crippen molar-refractivity contribution in [2.45, 2.75) is 18.9 Å². The molecule has 5 heteroatoms. The van der Waals surface area contributed by atoms with Crippen LogP contribution in [0.25, 0.3) is 5.65 Å². The van der Waals surface area contributed by atoms with Crippen molar-refractivity contribution in [3.8, 4) is 0 Å². The molecule has 0 unspecified atom stereocenters. The molecule has 2 heterocycles. The molecule has 0 aliphatic rings. The molecule has 0 fully saturated rings. The maximum atomic E-state index is 4.50. The van der Waals surface area contributed by atoms with Crippen LogP contribution in [-0.2, 0) is 0 Å². The number of aromatic nitrogens is 3. The molecular formula is C11H16N4S. The molecule has 0 aliphatic heterocycles. The zero-order chi connectivity index (χ0) is 11.5. The number of nitrogens with zero attached hydrogens (tertiary/aromatic N) is 4. The van der Waals surface area contributed by atoms with Gasteiger partial charge in [0.1, 0.15) is 10.8 Å². The van der Waals surface area contributed by atoms with Crippen LogP contribution in [0.4, 0.5) is 5.82 Å². The number of hydrogen-bond donors (Lipinski definition) is 0. The molecule has 86 valence electrons. The molecule has 2 rings (SSSR count). The fraction of sp³-hybridized carbons (Fsp3) is 0.455. The van der Waals surface area contributed by atoms with Crippen molar-refractivity contribution in [1.29, 1.82) is 0 Å². The summed E-state index contributed by atoms with van der Waals surface area (Å²) in [5, 5.41) is 5.35. The Balaban J connectivity index is 2.60. The van der Waals surface area contributed by atoms with E-state index in [9.17, 15) is 0 Å². The van der Waals surface area contributed by atoms with Gasteiger partial charge in [-0.05, 0) is 20.1 Å². The van der Waals surface area contributed by atoms with Gasteiger partial charge in [0.05, 0.1) is 6.20 Å². The molecule has 0 radical (unpaired) electrons. The highest BCUT2D eigenvalue weighted by Crippen LogP contribution is 2.21. The van der Waals surface area contributed by atoms with Crippen molar-refractivity contribution in [3.05, 3.63) is 18.3 Å². The van der Waals surface area contributed by atoms with Crippen molar-refractivity contribution in [1.82, 2.24) is 14.6 Å². The van der Waals surface area contributed by atoms with Crippen LogP contribution >= 0.6 is 11.8 Å².